The molecule has 0 amide bonds. The van der Waals surface area contributed by atoms with Gasteiger partial charge in [0.1, 0.15) is 0 Å². The van der Waals surface area contributed by atoms with Gasteiger partial charge in [-0.25, -0.2) is 0 Å². The highest BCUT2D eigenvalue weighted by Crippen LogP contribution is 2.49. The second-order valence-electron chi connectivity index (χ2n) is 5.25. The van der Waals surface area contributed by atoms with Gasteiger partial charge in [0.05, 0.1) is 13.0 Å². The van der Waals surface area contributed by atoms with E-state index in [2.05, 4.69) is 12.2 Å². The summed E-state index contributed by atoms with van der Waals surface area (Å²) in [6.07, 6.45) is 5.03. The Balaban J connectivity index is 1.92. The van der Waals surface area contributed by atoms with Crippen molar-refractivity contribution < 1.29 is 14.3 Å². The zero-order chi connectivity index (χ0) is 13.4. The van der Waals surface area contributed by atoms with Crippen molar-refractivity contribution in [2.24, 2.45) is 23.7 Å². The van der Waals surface area contributed by atoms with E-state index in [-0.39, 0.29) is 35.4 Å². The van der Waals surface area contributed by atoms with E-state index in [1.54, 1.807) is 0 Å². The smallest absolute Gasteiger partial charge is 0.310 e. The first-order chi connectivity index (χ1) is 9.22. The van der Waals surface area contributed by atoms with Crippen LogP contribution in [0.25, 0.3) is 0 Å². The molecular weight excluding hydrogens is 240 g/mol. The summed E-state index contributed by atoms with van der Waals surface area (Å²) >= 11 is 0. The van der Waals surface area contributed by atoms with Gasteiger partial charge in [-0.3, -0.25) is 9.59 Å². The summed E-state index contributed by atoms with van der Waals surface area (Å²) in [5.74, 6) is -0.423. The fourth-order valence-electron chi connectivity index (χ4n) is 3.43. The highest BCUT2D eigenvalue weighted by atomic mass is 16.5. The van der Waals surface area contributed by atoms with Crippen molar-refractivity contribution in [1.82, 2.24) is 0 Å². The molecule has 2 bridgehead atoms. The lowest BCUT2D eigenvalue weighted by Gasteiger charge is -2.24. The Morgan fingerprint density at radius 2 is 1.68 bits per heavy atom. The van der Waals surface area contributed by atoms with Gasteiger partial charge in [-0.2, -0.15) is 0 Å². The quantitative estimate of drug-likeness (QED) is 0.474. The Labute approximate surface area is 112 Å². The van der Waals surface area contributed by atoms with Crippen LogP contribution in [0.4, 0.5) is 0 Å². The molecule has 0 N–H and O–H groups in total. The maximum absolute atomic E-state index is 12.6. The minimum absolute atomic E-state index is 0.0628. The predicted octanol–water partition coefficient (Wildman–Crippen LogP) is 2.48. The van der Waals surface area contributed by atoms with Gasteiger partial charge in [-0.05, 0) is 18.3 Å². The fraction of sp³-hybridized carbons (Fsp3) is 0.375. The number of ether oxygens (including phenoxy) is 1. The second-order valence-corrected chi connectivity index (χ2v) is 5.25. The summed E-state index contributed by atoms with van der Waals surface area (Å²) in [6, 6.07) is 9.21. The molecule has 3 rings (SSSR count). The van der Waals surface area contributed by atoms with Crippen molar-refractivity contribution in [3.8, 4) is 0 Å². The molecule has 0 saturated heterocycles. The molecule has 0 spiro atoms. The minimum Gasteiger partial charge on any atom is -0.469 e. The maximum Gasteiger partial charge on any atom is 0.310 e. The van der Waals surface area contributed by atoms with Gasteiger partial charge in [-0.1, -0.05) is 42.5 Å². The lowest BCUT2D eigenvalue weighted by atomic mass is 9.78. The zero-order valence-corrected chi connectivity index (χ0v) is 10.8. The van der Waals surface area contributed by atoms with Crippen LogP contribution in [0.3, 0.4) is 0 Å². The average Bonchev–Trinajstić information content (AvgIpc) is 3.07. The van der Waals surface area contributed by atoms with Gasteiger partial charge in [0.2, 0.25) is 0 Å². The van der Waals surface area contributed by atoms with Crippen LogP contribution in [0.15, 0.2) is 42.5 Å². The molecule has 1 aromatic carbocycles. The Hall–Kier alpha value is -1.90. The molecule has 3 nitrogen and oxygen atoms in total. The highest BCUT2D eigenvalue weighted by Gasteiger charge is 2.51. The van der Waals surface area contributed by atoms with E-state index in [0.29, 0.717) is 5.56 Å². The van der Waals surface area contributed by atoms with Gasteiger partial charge in [0.15, 0.2) is 5.78 Å². The molecule has 4 atom stereocenters. The summed E-state index contributed by atoms with van der Waals surface area (Å²) in [7, 11) is 1.39. The van der Waals surface area contributed by atoms with Crippen LogP contribution >= 0.6 is 0 Å². The number of Topliss-reactive ketones (excluding diaryl/α,β-unsaturated/α-hetero) is 1. The molecule has 19 heavy (non-hydrogen) atoms. The van der Waals surface area contributed by atoms with Gasteiger partial charge in [0, 0.05) is 11.5 Å². The number of esters is 1. The number of allylic oxidation sites excluding steroid dienone is 2. The number of carbonyl (C=O) groups excluding carboxylic acids is 2. The zero-order valence-electron chi connectivity index (χ0n) is 10.8. The number of carbonyl (C=O) groups is 2. The monoisotopic (exact) mass is 256 g/mol. The maximum atomic E-state index is 12.6. The topological polar surface area (TPSA) is 43.4 Å². The number of fused-ring (bicyclic) bond motifs is 2. The molecule has 0 heterocycles. The third-order valence-corrected chi connectivity index (χ3v) is 4.29. The SMILES string of the molecule is COC(=O)C1C2C=CC(C2)C1C(=O)c1ccccc1. The Kier molecular flexibility index (Phi) is 2.97. The van der Waals surface area contributed by atoms with E-state index in [4.69, 9.17) is 4.74 Å². The Bertz CT molecular complexity index is 532. The summed E-state index contributed by atoms with van der Waals surface area (Å²) in [6.45, 7) is 0. The van der Waals surface area contributed by atoms with E-state index >= 15 is 0 Å². The number of hydrogen-bond acceptors (Lipinski definition) is 3. The number of methoxy groups -OCH3 is 1. The first-order valence-electron chi connectivity index (χ1n) is 6.58. The third-order valence-electron chi connectivity index (χ3n) is 4.29. The Morgan fingerprint density at radius 3 is 2.32 bits per heavy atom. The van der Waals surface area contributed by atoms with E-state index < -0.39 is 0 Å². The van der Waals surface area contributed by atoms with Crippen LogP contribution in [-0.2, 0) is 9.53 Å². The van der Waals surface area contributed by atoms with Crippen LogP contribution in [-0.4, -0.2) is 18.9 Å². The molecule has 4 unspecified atom stereocenters. The molecule has 2 aliphatic carbocycles. The molecule has 0 radical (unpaired) electrons. The van der Waals surface area contributed by atoms with E-state index in [9.17, 15) is 9.59 Å². The molecule has 98 valence electrons. The lowest BCUT2D eigenvalue weighted by Crippen LogP contribution is -2.33. The van der Waals surface area contributed by atoms with Gasteiger partial charge >= 0.3 is 5.97 Å². The Morgan fingerprint density at radius 1 is 1.05 bits per heavy atom. The van der Waals surface area contributed by atoms with Crippen LogP contribution in [0, 0.1) is 23.7 Å². The van der Waals surface area contributed by atoms with Crippen molar-refractivity contribution in [2.45, 2.75) is 6.42 Å². The van der Waals surface area contributed by atoms with Crippen LogP contribution in [0.1, 0.15) is 16.8 Å². The summed E-state index contributed by atoms with van der Waals surface area (Å²) in [5.41, 5.74) is 0.683. The highest BCUT2D eigenvalue weighted by molar-refractivity contribution is 6.01. The molecule has 1 fully saturated rings. The largest absolute Gasteiger partial charge is 0.469 e. The van der Waals surface area contributed by atoms with Crippen LogP contribution in [0.5, 0.6) is 0 Å². The van der Waals surface area contributed by atoms with E-state index in [0.717, 1.165) is 6.42 Å². The molecule has 0 aromatic heterocycles. The van der Waals surface area contributed by atoms with Gasteiger partial charge < -0.3 is 4.74 Å². The van der Waals surface area contributed by atoms with Gasteiger partial charge in [-0.15, -0.1) is 0 Å². The first kappa shape index (κ1) is 12.2. The number of ketones is 1. The summed E-state index contributed by atoms with van der Waals surface area (Å²) < 4.78 is 4.88. The standard InChI is InChI=1S/C16H16O3/c1-19-16(18)14-12-8-7-11(9-12)13(14)15(17)10-5-3-2-4-6-10/h2-8,11-14H,9H2,1H3. The van der Waals surface area contributed by atoms with Crippen molar-refractivity contribution in [1.29, 1.82) is 0 Å². The molecule has 1 saturated carbocycles. The number of hydrogen-bond donors (Lipinski definition) is 0. The number of rotatable bonds is 3. The van der Waals surface area contributed by atoms with Crippen molar-refractivity contribution in [2.75, 3.05) is 7.11 Å². The third kappa shape index (κ3) is 1.89. The lowest BCUT2D eigenvalue weighted by molar-refractivity contribution is -0.147. The summed E-state index contributed by atoms with van der Waals surface area (Å²) in [5, 5.41) is 0. The average molecular weight is 256 g/mol. The minimum atomic E-state index is -0.312. The molecular formula is C16H16O3. The van der Waals surface area contributed by atoms with E-state index in [1.165, 1.54) is 7.11 Å². The number of benzene rings is 1. The van der Waals surface area contributed by atoms with Crippen LogP contribution < -0.4 is 0 Å². The predicted molar refractivity (Wildman–Crippen MR) is 70.5 cm³/mol. The second kappa shape index (κ2) is 4.65. The fourth-order valence-corrected chi connectivity index (χ4v) is 3.43. The van der Waals surface area contributed by atoms with Crippen molar-refractivity contribution >= 4 is 11.8 Å². The first-order valence-corrected chi connectivity index (χ1v) is 6.58. The normalized spacial score (nSPS) is 31.4. The van der Waals surface area contributed by atoms with Crippen LogP contribution in [0.2, 0.25) is 0 Å². The summed E-state index contributed by atoms with van der Waals surface area (Å²) in [4.78, 5) is 24.6. The van der Waals surface area contributed by atoms with Gasteiger partial charge in [0.25, 0.3) is 0 Å². The molecule has 2 aliphatic rings. The van der Waals surface area contributed by atoms with E-state index in [1.807, 2.05) is 30.3 Å². The molecule has 3 heteroatoms. The molecule has 0 aliphatic heterocycles. The van der Waals surface area contributed by atoms with Crippen molar-refractivity contribution in [3.05, 3.63) is 48.0 Å². The molecule has 1 aromatic rings. The van der Waals surface area contributed by atoms with Crippen molar-refractivity contribution in [3.63, 3.8) is 0 Å².